The molecule has 0 saturated heterocycles. The number of rotatable bonds is 7. The summed E-state index contributed by atoms with van der Waals surface area (Å²) in [5.41, 5.74) is 2.19. The molecule has 1 unspecified atom stereocenters. The van der Waals surface area contributed by atoms with Crippen LogP contribution in [0.5, 0.6) is 0 Å². The molecule has 1 aromatic carbocycles. The third-order valence-electron chi connectivity index (χ3n) is 4.40. The van der Waals surface area contributed by atoms with E-state index < -0.39 is 11.8 Å². The molecule has 1 heterocycles. The van der Waals surface area contributed by atoms with Crippen molar-refractivity contribution in [1.29, 1.82) is 0 Å². The number of carbonyl (C=O) groups is 1. The second kappa shape index (κ2) is 8.42. The maximum atomic E-state index is 13.5. The molecule has 2 aromatic rings. The van der Waals surface area contributed by atoms with Crippen molar-refractivity contribution < 1.29 is 14.3 Å². The second-order valence-electron chi connectivity index (χ2n) is 8.41. The van der Waals surface area contributed by atoms with E-state index in [0.29, 0.717) is 29.9 Å². The van der Waals surface area contributed by atoms with Gasteiger partial charge in [-0.05, 0) is 48.8 Å². The zero-order valence-corrected chi connectivity index (χ0v) is 17.4. The number of hydrogen-bond donors (Lipinski definition) is 1. The Morgan fingerprint density at radius 2 is 2.04 bits per heavy atom. The van der Waals surface area contributed by atoms with E-state index in [0.717, 1.165) is 12.8 Å². The number of halogens is 2. The number of aromatic nitrogens is 2. The molecule has 2 rings (SSSR count). The molecule has 1 atom stereocenters. The molecule has 0 aliphatic heterocycles. The number of benzene rings is 1. The van der Waals surface area contributed by atoms with Crippen LogP contribution in [0.25, 0.3) is 5.69 Å². The van der Waals surface area contributed by atoms with Crippen molar-refractivity contribution in [3.63, 3.8) is 0 Å². The van der Waals surface area contributed by atoms with Crippen LogP contribution in [0.2, 0.25) is 5.02 Å². The minimum Gasteiger partial charge on any atom is -0.478 e. The van der Waals surface area contributed by atoms with Crippen LogP contribution in [-0.4, -0.2) is 20.9 Å². The van der Waals surface area contributed by atoms with Crippen molar-refractivity contribution in [2.45, 2.75) is 60.3 Å². The molecule has 1 aromatic heterocycles. The quantitative estimate of drug-likeness (QED) is 0.633. The van der Waals surface area contributed by atoms with Gasteiger partial charge in [0.1, 0.15) is 11.4 Å². The Morgan fingerprint density at radius 1 is 1.37 bits per heavy atom. The lowest BCUT2D eigenvalue weighted by Gasteiger charge is -2.22. The van der Waals surface area contributed by atoms with Gasteiger partial charge in [-0.3, -0.25) is 0 Å². The van der Waals surface area contributed by atoms with Gasteiger partial charge in [-0.15, -0.1) is 0 Å². The predicted molar refractivity (Wildman–Crippen MR) is 106 cm³/mol. The summed E-state index contributed by atoms with van der Waals surface area (Å²) >= 11 is 5.93. The fourth-order valence-electron chi connectivity index (χ4n) is 3.64. The third kappa shape index (κ3) is 5.32. The highest BCUT2D eigenvalue weighted by Gasteiger charge is 2.26. The fourth-order valence-corrected chi connectivity index (χ4v) is 3.81. The Bertz CT molecular complexity index is 824. The normalized spacial score (nSPS) is 13.0. The van der Waals surface area contributed by atoms with Crippen molar-refractivity contribution in [3.8, 4) is 5.69 Å². The van der Waals surface area contributed by atoms with Gasteiger partial charge in [0, 0.05) is 0 Å². The molecule has 1 N–H and O–H groups in total. The molecular weight excluding hydrogens is 367 g/mol. The summed E-state index contributed by atoms with van der Waals surface area (Å²) in [6, 6.07) is 4.33. The maximum absolute atomic E-state index is 13.5. The molecule has 0 amide bonds. The number of nitrogens with zero attached hydrogens (tertiary/aromatic N) is 2. The number of hydrogen-bond acceptors (Lipinski definition) is 2. The van der Waals surface area contributed by atoms with Gasteiger partial charge in [0.05, 0.1) is 22.1 Å². The number of aromatic carboxylic acids is 1. The minimum absolute atomic E-state index is 0.00928. The van der Waals surface area contributed by atoms with Crippen LogP contribution in [0.3, 0.4) is 0 Å². The van der Waals surface area contributed by atoms with Gasteiger partial charge in [-0.2, -0.15) is 5.10 Å². The molecule has 0 saturated carbocycles. The van der Waals surface area contributed by atoms with Gasteiger partial charge < -0.3 is 5.11 Å². The molecule has 148 valence electrons. The topological polar surface area (TPSA) is 55.1 Å². The zero-order valence-electron chi connectivity index (χ0n) is 16.6. The first-order valence-corrected chi connectivity index (χ1v) is 9.70. The van der Waals surface area contributed by atoms with Crippen molar-refractivity contribution in [2.24, 2.45) is 11.3 Å². The summed E-state index contributed by atoms with van der Waals surface area (Å²) in [4.78, 5) is 12.0. The van der Waals surface area contributed by atoms with Crippen LogP contribution in [0.15, 0.2) is 18.2 Å². The molecular formula is C21H28ClFN2O2. The number of carboxylic acids is 1. The lowest BCUT2D eigenvalue weighted by atomic mass is 9.83. The van der Waals surface area contributed by atoms with Gasteiger partial charge in [0.15, 0.2) is 0 Å². The van der Waals surface area contributed by atoms with Crippen LogP contribution < -0.4 is 0 Å². The average Bonchev–Trinajstić information content (AvgIpc) is 2.86. The first-order chi connectivity index (χ1) is 12.5. The molecule has 0 fully saturated rings. The van der Waals surface area contributed by atoms with E-state index in [1.807, 2.05) is 6.92 Å². The molecule has 0 aliphatic rings. The second-order valence-corrected chi connectivity index (χ2v) is 8.82. The Morgan fingerprint density at radius 3 is 2.56 bits per heavy atom. The minimum atomic E-state index is -0.976. The highest BCUT2D eigenvalue weighted by Crippen LogP contribution is 2.29. The summed E-state index contributed by atoms with van der Waals surface area (Å²) in [7, 11) is 0. The Kier molecular flexibility index (Phi) is 6.68. The van der Waals surface area contributed by atoms with Gasteiger partial charge in [0.2, 0.25) is 0 Å². The molecule has 0 bridgehead atoms. The van der Waals surface area contributed by atoms with E-state index in [2.05, 4.69) is 32.8 Å². The molecule has 0 spiro atoms. The molecule has 0 radical (unpaired) electrons. The standard InChI is InChI=1S/C21H28ClFN2O2/c1-6-7-18-19(20(26)27)17(10-13(2)12-21(3,4)5)24-25(18)14-8-9-16(23)15(22)11-14/h8-9,11,13H,6-7,10,12H2,1-5H3,(H,26,27). The summed E-state index contributed by atoms with van der Waals surface area (Å²) in [6.07, 6.45) is 2.89. The predicted octanol–water partition coefficient (Wildman–Crippen LogP) is 5.93. The van der Waals surface area contributed by atoms with E-state index in [9.17, 15) is 14.3 Å². The van der Waals surface area contributed by atoms with E-state index in [1.165, 1.54) is 12.1 Å². The monoisotopic (exact) mass is 394 g/mol. The molecule has 27 heavy (non-hydrogen) atoms. The maximum Gasteiger partial charge on any atom is 0.339 e. The first-order valence-electron chi connectivity index (χ1n) is 9.33. The molecule has 0 aliphatic carbocycles. The van der Waals surface area contributed by atoms with Crippen molar-refractivity contribution in [2.75, 3.05) is 0 Å². The summed E-state index contributed by atoms with van der Waals surface area (Å²) in [5, 5.41) is 14.4. The largest absolute Gasteiger partial charge is 0.478 e. The molecule has 6 heteroatoms. The Hall–Kier alpha value is -1.88. The lowest BCUT2D eigenvalue weighted by Crippen LogP contribution is -2.14. The van der Waals surface area contributed by atoms with E-state index in [-0.39, 0.29) is 21.9 Å². The number of carboxylic acid groups (broad SMARTS) is 1. The highest BCUT2D eigenvalue weighted by molar-refractivity contribution is 6.30. The van der Waals surface area contributed by atoms with Crippen LogP contribution in [0.1, 0.15) is 69.2 Å². The van der Waals surface area contributed by atoms with Crippen molar-refractivity contribution >= 4 is 17.6 Å². The van der Waals surface area contributed by atoms with Crippen LogP contribution in [-0.2, 0) is 12.8 Å². The summed E-state index contributed by atoms with van der Waals surface area (Å²) < 4.78 is 15.2. The summed E-state index contributed by atoms with van der Waals surface area (Å²) in [6.45, 7) is 10.6. The van der Waals surface area contributed by atoms with Crippen molar-refractivity contribution in [1.82, 2.24) is 9.78 Å². The Balaban J connectivity index is 2.53. The van der Waals surface area contributed by atoms with Gasteiger partial charge in [0.25, 0.3) is 0 Å². The summed E-state index contributed by atoms with van der Waals surface area (Å²) in [5.74, 6) is -1.20. The van der Waals surface area contributed by atoms with Gasteiger partial charge in [-0.25, -0.2) is 13.9 Å². The lowest BCUT2D eigenvalue weighted by molar-refractivity contribution is 0.0694. The van der Waals surface area contributed by atoms with E-state index in [4.69, 9.17) is 11.6 Å². The smallest absolute Gasteiger partial charge is 0.339 e. The Labute approximate surface area is 165 Å². The van der Waals surface area contributed by atoms with Crippen molar-refractivity contribution in [3.05, 3.63) is 46.0 Å². The van der Waals surface area contributed by atoms with Gasteiger partial charge in [-0.1, -0.05) is 52.6 Å². The van der Waals surface area contributed by atoms with Crippen LogP contribution in [0, 0.1) is 17.2 Å². The zero-order chi connectivity index (χ0) is 20.4. The molecule has 4 nitrogen and oxygen atoms in total. The third-order valence-corrected chi connectivity index (χ3v) is 4.69. The fraction of sp³-hybridized carbons (Fsp3) is 0.524. The van der Waals surface area contributed by atoms with Gasteiger partial charge >= 0.3 is 5.97 Å². The van der Waals surface area contributed by atoms with E-state index >= 15 is 0 Å². The first kappa shape index (κ1) is 21.4. The average molecular weight is 395 g/mol. The van der Waals surface area contributed by atoms with E-state index in [1.54, 1.807) is 10.7 Å². The SMILES string of the molecule is CCCc1c(C(=O)O)c(CC(C)CC(C)(C)C)nn1-c1ccc(F)c(Cl)c1. The van der Waals surface area contributed by atoms with Crippen LogP contribution in [0.4, 0.5) is 4.39 Å². The van der Waals surface area contributed by atoms with Crippen LogP contribution >= 0.6 is 11.6 Å². The highest BCUT2D eigenvalue weighted by atomic mass is 35.5.